The lowest BCUT2D eigenvalue weighted by molar-refractivity contribution is 0.304. The maximum Gasteiger partial charge on any atom is 0.149 e. The lowest BCUT2D eigenvalue weighted by atomic mass is 10.1. The molecular weight excluding hydrogens is 525 g/mol. The van der Waals surface area contributed by atoms with Gasteiger partial charge in [0, 0.05) is 16.7 Å². The van der Waals surface area contributed by atoms with Gasteiger partial charge in [-0.2, -0.15) is 5.26 Å². The van der Waals surface area contributed by atoms with Crippen LogP contribution in [0.5, 0.6) is 11.5 Å². The van der Waals surface area contributed by atoms with E-state index in [0.717, 1.165) is 37.2 Å². The van der Waals surface area contributed by atoms with E-state index in [0.29, 0.717) is 23.0 Å². The molecule has 0 saturated carbocycles. The number of nitrogens with zero attached hydrogens (tertiary/aromatic N) is 2. The van der Waals surface area contributed by atoms with Crippen molar-refractivity contribution in [1.82, 2.24) is 9.97 Å². The summed E-state index contributed by atoms with van der Waals surface area (Å²) < 4.78 is 12.1. The Balaban J connectivity index is 1.56. The van der Waals surface area contributed by atoms with E-state index >= 15 is 0 Å². The molecule has 0 unspecified atom stereocenters. The number of hydrogen-bond donors (Lipinski definition) is 1. The Morgan fingerprint density at radius 3 is 2.77 bits per heavy atom. The topological polar surface area (TPSA) is 70.9 Å². The van der Waals surface area contributed by atoms with E-state index in [4.69, 9.17) is 21.1 Å². The van der Waals surface area contributed by atoms with Gasteiger partial charge in [-0.1, -0.05) is 35.9 Å². The summed E-state index contributed by atoms with van der Waals surface area (Å²) in [5.74, 6) is 2.00. The number of aromatic nitrogens is 2. The molecule has 0 atom stereocenters. The van der Waals surface area contributed by atoms with Gasteiger partial charge in [-0.05, 0) is 64.6 Å². The summed E-state index contributed by atoms with van der Waals surface area (Å²) in [6.07, 6.45) is 1.80. The molecule has 4 aromatic rings. The number of ether oxygens (including phenoxy) is 2. The predicted octanol–water partition coefficient (Wildman–Crippen LogP) is 6.47. The molecule has 7 heteroatoms. The molecule has 0 radical (unpaired) electrons. The van der Waals surface area contributed by atoms with E-state index in [1.165, 1.54) is 0 Å². The van der Waals surface area contributed by atoms with Gasteiger partial charge >= 0.3 is 0 Å². The average Bonchev–Trinajstić information content (AvgIpc) is 3.21. The van der Waals surface area contributed by atoms with Gasteiger partial charge in [-0.25, -0.2) is 4.98 Å². The van der Waals surface area contributed by atoms with Crippen LogP contribution in [0.15, 0.2) is 60.7 Å². The molecule has 4 rings (SSSR count). The van der Waals surface area contributed by atoms with Crippen LogP contribution in [0.2, 0.25) is 5.02 Å². The molecule has 5 nitrogen and oxygen atoms in total. The first kappa shape index (κ1) is 21.2. The summed E-state index contributed by atoms with van der Waals surface area (Å²) in [6.45, 7) is 0.386. The maximum atomic E-state index is 9.68. The van der Waals surface area contributed by atoms with E-state index in [1.807, 2.05) is 60.7 Å². The summed E-state index contributed by atoms with van der Waals surface area (Å²) in [4.78, 5) is 7.72. The highest BCUT2D eigenvalue weighted by Crippen LogP contribution is 2.27. The molecule has 154 valence electrons. The molecule has 31 heavy (non-hydrogen) atoms. The third-order valence-corrected chi connectivity index (χ3v) is 5.88. The van der Waals surface area contributed by atoms with Crippen molar-refractivity contribution >= 4 is 56.9 Å². The zero-order valence-corrected chi connectivity index (χ0v) is 19.4. The van der Waals surface area contributed by atoms with Gasteiger partial charge in [0.1, 0.15) is 30.0 Å². The Morgan fingerprint density at radius 1 is 1.19 bits per heavy atom. The molecule has 0 fully saturated rings. The van der Waals surface area contributed by atoms with Crippen molar-refractivity contribution in [1.29, 1.82) is 5.26 Å². The molecule has 1 heterocycles. The minimum atomic E-state index is 0.386. The smallest absolute Gasteiger partial charge is 0.149 e. The first-order chi connectivity index (χ1) is 15.1. The monoisotopic (exact) mass is 541 g/mol. The number of imidazole rings is 1. The lowest BCUT2D eigenvalue weighted by Gasteiger charge is -2.10. The average molecular weight is 542 g/mol. The predicted molar refractivity (Wildman–Crippen MR) is 131 cm³/mol. The minimum Gasteiger partial charge on any atom is -0.497 e. The molecule has 0 aliphatic carbocycles. The SMILES string of the molecule is COc1ccc2nc(/C(C#N)=C\c3ccc(OCc4ccccc4Cl)c(I)c3)[nH]c2c1. The number of aromatic amines is 1. The molecule has 1 N–H and O–H groups in total. The van der Waals surface area contributed by atoms with Crippen molar-refractivity contribution in [3.05, 3.63) is 86.2 Å². The number of benzene rings is 3. The quantitative estimate of drug-likeness (QED) is 0.224. The fourth-order valence-corrected chi connectivity index (χ4v) is 3.94. The molecule has 0 spiro atoms. The third kappa shape index (κ3) is 4.84. The van der Waals surface area contributed by atoms with Gasteiger partial charge in [0.25, 0.3) is 0 Å². The van der Waals surface area contributed by atoms with E-state index < -0.39 is 0 Å². The Bertz CT molecular complexity index is 1320. The van der Waals surface area contributed by atoms with Gasteiger partial charge in [0.15, 0.2) is 0 Å². The van der Waals surface area contributed by atoms with Crippen molar-refractivity contribution in [2.24, 2.45) is 0 Å². The van der Waals surface area contributed by atoms with Crippen LogP contribution >= 0.6 is 34.2 Å². The van der Waals surface area contributed by atoms with Crippen LogP contribution in [-0.2, 0) is 6.61 Å². The van der Waals surface area contributed by atoms with Crippen molar-refractivity contribution < 1.29 is 9.47 Å². The second-order valence-electron chi connectivity index (χ2n) is 6.71. The van der Waals surface area contributed by atoms with Crippen LogP contribution < -0.4 is 9.47 Å². The highest BCUT2D eigenvalue weighted by Gasteiger charge is 2.10. The van der Waals surface area contributed by atoms with E-state index in [2.05, 4.69) is 38.6 Å². The number of fused-ring (bicyclic) bond motifs is 1. The highest BCUT2D eigenvalue weighted by molar-refractivity contribution is 14.1. The summed E-state index contributed by atoms with van der Waals surface area (Å²) >= 11 is 8.42. The van der Waals surface area contributed by atoms with Gasteiger partial charge in [-0.3, -0.25) is 0 Å². The highest BCUT2D eigenvalue weighted by atomic mass is 127. The van der Waals surface area contributed by atoms with E-state index in [-0.39, 0.29) is 0 Å². The fourth-order valence-electron chi connectivity index (χ4n) is 3.06. The van der Waals surface area contributed by atoms with Crippen molar-refractivity contribution in [2.45, 2.75) is 6.61 Å². The molecule has 0 bridgehead atoms. The van der Waals surface area contributed by atoms with Crippen LogP contribution in [0.3, 0.4) is 0 Å². The second kappa shape index (κ2) is 9.41. The zero-order chi connectivity index (χ0) is 21.8. The summed E-state index contributed by atoms with van der Waals surface area (Å²) in [7, 11) is 1.61. The van der Waals surface area contributed by atoms with Crippen LogP contribution in [0, 0.1) is 14.9 Å². The molecule has 3 aromatic carbocycles. The summed E-state index contributed by atoms with van der Waals surface area (Å²) in [5, 5.41) is 10.4. The summed E-state index contributed by atoms with van der Waals surface area (Å²) in [6, 6.07) is 21.2. The minimum absolute atomic E-state index is 0.386. The molecule has 0 aliphatic heterocycles. The first-order valence-electron chi connectivity index (χ1n) is 9.39. The number of rotatable bonds is 6. The van der Waals surface area contributed by atoms with Crippen molar-refractivity contribution in [3.8, 4) is 17.6 Å². The van der Waals surface area contributed by atoms with Gasteiger partial charge in [-0.15, -0.1) is 0 Å². The molecule has 0 aliphatic rings. The van der Waals surface area contributed by atoms with Crippen LogP contribution in [0.25, 0.3) is 22.7 Å². The first-order valence-corrected chi connectivity index (χ1v) is 10.8. The number of nitriles is 1. The number of halogens is 2. The number of nitrogens with one attached hydrogen (secondary N) is 1. The Kier molecular flexibility index (Phi) is 6.44. The Morgan fingerprint density at radius 2 is 2.03 bits per heavy atom. The molecule has 0 amide bonds. The second-order valence-corrected chi connectivity index (χ2v) is 8.28. The fraction of sp³-hybridized carbons (Fsp3) is 0.0833. The molecule has 1 aromatic heterocycles. The number of allylic oxidation sites excluding steroid dienone is 1. The van der Waals surface area contributed by atoms with Crippen LogP contribution in [0.1, 0.15) is 17.0 Å². The van der Waals surface area contributed by atoms with Gasteiger partial charge in [0.05, 0.1) is 27.3 Å². The normalized spacial score (nSPS) is 11.4. The van der Waals surface area contributed by atoms with Gasteiger partial charge in [0.2, 0.25) is 0 Å². The number of H-pyrrole nitrogens is 1. The number of hydrogen-bond acceptors (Lipinski definition) is 4. The molecule has 0 saturated heterocycles. The van der Waals surface area contributed by atoms with E-state index in [1.54, 1.807) is 13.2 Å². The van der Waals surface area contributed by atoms with Gasteiger partial charge < -0.3 is 14.5 Å². The Labute approximate surface area is 198 Å². The lowest BCUT2D eigenvalue weighted by Crippen LogP contribution is -1.98. The maximum absolute atomic E-state index is 9.68. The van der Waals surface area contributed by atoms with Crippen LogP contribution in [0.4, 0.5) is 0 Å². The van der Waals surface area contributed by atoms with Crippen LogP contribution in [-0.4, -0.2) is 17.1 Å². The zero-order valence-electron chi connectivity index (χ0n) is 16.5. The third-order valence-electron chi connectivity index (χ3n) is 4.67. The van der Waals surface area contributed by atoms with E-state index in [9.17, 15) is 5.26 Å². The molecular formula is C24H17ClIN3O2. The number of methoxy groups -OCH3 is 1. The van der Waals surface area contributed by atoms with Crippen molar-refractivity contribution in [3.63, 3.8) is 0 Å². The van der Waals surface area contributed by atoms with Crippen molar-refractivity contribution in [2.75, 3.05) is 7.11 Å². The largest absolute Gasteiger partial charge is 0.497 e. The Hall–Kier alpha value is -3.02. The summed E-state index contributed by atoms with van der Waals surface area (Å²) in [5.41, 5.74) is 3.83. The standard InChI is InChI=1S/C24H17ClIN3O2/c1-30-18-7-8-21-22(12-18)29-24(28-21)17(13-27)10-15-6-9-23(20(26)11-15)31-14-16-4-2-3-5-19(16)25/h2-12H,14H2,1H3,(H,28,29)/b17-10-.